The summed E-state index contributed by atoms with van der Waals surface area (Å²) in [4.78, 5) is 35.5. The lowest BCUT2D eigenvalue weighted by Crippen LogP contribution is -2.44. The molecule has 0 saturated carbocycles. The lowest BCUT2D eigenvalue weighted by Gasteiger charge is -2.12. The monoisotopic (exact) mass is 337 g/mol. The van der Waals surface area contributed by atoms with Crippen molar-refractivity contribution in [3.63, 3.8) is 0 Å². The maximum Gasteiger partial charge on any atom is 0.337 e. The van der Waals surface area contributed by atoms with E-state index in [2.05, 4.69) is 21.5 Å². The number of hydrogen-bond donors (Lipinski definition) is 4. The average Bonchev–Trinajstić information content (AvgIpc) is 2.61. The summed E-state index contributed by atoms with van der Waals surface area (Å²) in [6.07, 6.45) is -0.326. The number of hydrogen-bond acceptors (Lipinski definition) is 4. The van der Waals surface area contributed by atoms with E-state index in [1.807, 2.05) is 6.07 Å². The van der Waals surface area contributed by atoms with Crippen LogP contribution in [0.4, 0.5) is 16.2 Å². The van der Waals surface area contributed by atoms with Crippen molar-refractivity contribution in [3.8, 4) is 6.07 Å². The molecule has 0 unspecified atom stereocenters. The van der Waals surface area contributed by atoms with E-state index in [9.17, 15) is 14.4 Å². The van der Waals surface area contributed by atoms with Crippen LogP contribution in [-0.2, 0) is 4.79 Å². The summed E-state index contributed by atoms with van der Waals surface area (Å²) in [5, 5.41) is 13.5. The molecule has 0 heterocycles. The summed E-state index contributed by atoms with van der Waals surface area (Å²) >= 11 is 0. The van der Waals surface area contributed by atoms with E-state index in [4.69, 9.17) is 5.26 Å². The zero-order valence-corrected chi connectivity index (χ0v) is 13.1. The molecule has 8 nitrogen and oxygen atoms in total. The topological polar surface area (TPSA) is 123 Å². The first-order valence-electron chi connectivity index (χ1n) is 7.28. The van der Waals surface area contributed by atoms with E-state index >= 15 is 0 Å². The minimum atomic E-state index is -0.620. The van der Waals surface area contributed by atoms with Crippen molar-refractivity contribution < 1.29 is 14.4 Å². The van der Waals surface area contributed by atoms with Gasteiger partial charge in [0.05, 0.1) is 17.3 Å². The van der Waals surface area contributed by atoms with E-state index < -0.39 is 17.8 Å². The van der Waals surface area contributed by atoms with Crippen LogP contribution in [0, 0.1) is 11.3 Å². The molecule has 0 aliphatic rings. The van der Waals surface area contributed by atoms with Gasteiger partial charge in [-0.25, -0.2) is 10.2 Å². The van der Waals surface area contributed by atoms with Crippen molar-refractivity contribution in [2.75, 3.05) is 10.6 Å². The Morgan fingerprint density at radius 1 is 0.880 bits per heavy atom. The number of nitriles is 1. The molecule has 0 bridgehead atoms. The number of carbonyl (C=O) groups excluding carboxylic acids is 3. The summed E-state index contributed by atoms with van der Waals surface area (Å²) < 4.78 is 0. The van der Waals surface area contributed by atoms with Gasteiger partial charge < -0.3 is 10.6 Å². The number of para-hydroxylation sites is 2. The van der Waals surface area contributed by atoms with Gasteiger partial charge in [0.1, 0.15) is 6.42 Å². The van der Waals surface area contributed by atoms with Gasteiger partial charge in [-0.15, -0.1) is 0 Å². The van der Waals surface area contributed by atoms with E-state index in [-0.39, 0.29) is 17.7 Å². The maximum atomic E-state index is 12.2. The fourth-order valence-electron chi connectivity index (χ4n) is 1.92. The second-order valence-electron chi connectivity index (χ2n) is 4.83. The summed E-state index contributed by atoms with van der Waals surface area (Å²) in [6.45, 7) is 0. The van der Waals surface area contributed by atoms with Gasteiger partial charge in [-0.3, -0.25) is 15.0 Å². The van der Waals surface area contributed by atoms with E-state index in [0.29, 0.717) is 5.69 Å². The second-order valence-corrected chi connectivity index (χ2v) is 4.83. The molecule has 0 aliphatic heterocycles. The van der Waals surface area contributed by atoms with Crippen LogP contribution in [0.25, 0.3) is 0 Å². The van der Waals surface area contributed by atoms with Crippen molar-refractivity contribution in [1.82, 2.24) is 10.9 Å². The molecular formula is C17H15N5O3. The third-order valence-electron chi connectivity index (χ3n) is 3.01. The van der Waals surface area contributed by atoms with E-state index in [0.717, 1.165) is 0 Å². The Morgan fingerprint density at radius 2 is 1.56 bits per heavy atom. The molecule has 8 heteroatoms. The quantitative estimate of drug-likeness (QED) is 0.637. The Balaban J connectivity index is 1.95. The fraction of sp³-hybridized carbons (Fsp3) is 0.0588. The van der Waals surface area contributed by atoms with Crippen LogP contribution in [0.15, 0.2) is 54.6 Å². The normalized spacial score (nSPS) is 9.40. The average molecular weight is 337 g/mol. The van der Waals surface area contributed by atoms with Crippen molar-refractivity contribution >= 4 is 29.2 Å². The summed E-state index contributed by atoms with van der Waals surface area (Å²) in [7, 11) is 0. The molecule has 126 valence electrons. The number of hydrazine groups is 1. The number of nitrogens with one attached hydrogen (secondary N) is 4. The highest BCUT2D eigenvalue weighted by molar-refractivity contribution is 6.04. The van der Waals surface area contributed by atoms with Crippen molar-refractivity contribution in [2.24, 2.45) is 0 Å². The van der Waals surface area contributed by atoms with Gasteiger partial charge in [0, 0.05) is 5.69 Å². The fourth-order valence-corrected chi connectivity index (χ4v) is 1.92. The zero-order valence-electron chi connectivity index (χ0n) is 13.1. The Hall–Kier alpha value is -3.86. The molecule has 2 aromatic carbocycles. The first kappa shape index (κ1) is 17.5. The van der Waals surface area contributed by atoms with Gasteiger partial charge in [-0.1, -0.05) is 30.3 Å². The summed E-state index contributed by atoms with van der Waals surface area (Å²) in [5.74, 6) is -1.14. The van der Waals surface area contributed by atoms with Crippen LogP contribution in [0.5, 0.6) is 0 Å². The van der Waals surface area contributed by atoms with Crippen LogP contribution in [0.2, 0.25) is 0 Å². The molecule has 0 radical (unpaired) electrons. The van der Waals surface area contributed by atoms with Crippen LogP contribution in [0.1, 0.15) is 16.8 Å². The smallest absolute Gasteiger partial charge is 0.324 e. The van der Waals surface area contributed by atoms with E-state index in [1.54, 1.807) is 42.5 Å². The number of rotatable bonds is 4. The van der Waals surface area contributed by atoms with Gasteiger partial charge in [-0.2, -0.15) is 5.26 Å². The van der Waals surface area contributed by atoms with Crippen LogP contribution in [0.3, 0.4) is 0 Å². The molecule has 0 saturated heterocycles. The number of anilines is 2. The van der Waals surface area contributed by atoms with Gasteiger partial charge in [-0.05, 0) is 24.3 Å². The molecule has 0 atom stereocenters. The SMILES string of the molecule is N#CCC(=O)Nc1ccccc1C(=O)NNC(=O)Nc1ccccc1. The minimum absolute atomic E-state index is 0.147. The molecular weight excluding hydrogens is 322 g/mol. The molecule has 2 rings (SSSR count). The minimum Gasteiger partial charge on any atom is -0.324 e. The predicted molar refractivity (Wildman–Crippen MR) is 91.4 cm³/mol. The standard InChI is InChI=1S/C17H15N5O3/c18-11-10-15(23)20-14-9-5-4-8-13(14)16(24)21-22-17(25)19-12-6-2-1-3-7-12/h1-9H,10H2,(H,20,23)(H,21,24)(H2,19,22,25). The van der Waals surface area contributed by atoms with Gasteiger partial charge >= 0.3 is 6.03 Å². The van der Waals surface area contributed by atoms with Crippen molar-refractivity contribution in [1.29, 1.82) is 5.26 Å². The van der Waals surface area contributed by atoms with Gasteiger partial charge in [0.25, 0.3) is 5.91 Å². The van der Waals surface area contributed by atoms with Crippen LogP contribution in [-0.4, -0.2) is 17.8 Å². The number of urea groups is 1. The van der Waals surface area contributed by atoms with Gasteiger partial charge in [0.15, 0.2) is 0 Å². The number of carbonyl (C=O) groups is 3. The number of amides is 4. The molecule has 4 amide bonds. The first-order chi connectivity index (χ1) is 12.1. The molecule has 0 aliphatic carbocycles. The van der Waals surface area contributed by atoms with Crippen LogP contribution >= 0.6 is 0 Å². The molecule has 4 N–H and O–H groups in total. The van der Waals surface area contributed by atoms with Crippen molar-refractivity contribution in [2.45, 2.75) is 6.42 Å². The van der Waals surface area contributed by atoms with Crippen LogP contribution < -0.4 is 21.5 Å². The summed E-state index contributed by atoms with van der Waals surface area (Å²) in [6, 6.07) is 16.1. The Labute approximate surface area is 143 Å². The Kier molecular flexibility index (Phi) is 6.08. The highest BCUT2D eigenvalue weighted by Gasteiger charge is 2.13. The van der Waals surface area contributed by atoms with Gasteiger partial charge in [0.2, 0.25) is 5.91 Å². The maximum absolute atomic E-state index is 12.2. The molecule has 0 aromatic heterocycles. The third-order valence-corrected chi connectivity index (χ3v) is 3.01. The lowest BCUT2D eigenvalue weighted by molar-refractivity contribution is -0.115. The Bertz CT molecular complexity index is 815. The predicted octanol–water partition coefficient (Wildman–Crippen LogP) is 2.01. The van der Waals surface area contributed by atoms with Crippen molar-refractivity contribution in [3.05, 3.63) is 60.2 Å². The largest absolute Gasteiger partial charge is 0.337 e. The number of nitrogens with zero attached hydrogens (tertiary/aromatic N) is 1. The molecule has 0 spiro atoms. The molecule has 0 fully saturated rings. The highest BCUT2D eigenvalue weighted by Crippen LogP contribution is 2.15. The first-order valence-corrected chi connectivity index (χ1v) is 7.28. The third kappa shape index (κ3) is 5.37. The molecule has 2 aromatic rings. The summed E-state index contributed by atoms with van der Waals surface area (Å²) in [5.41, 5.74) is 5.42. The number of benzene rings is 2. The Morgan fingerprint density at radius 3 is 2.28 bits per heavy atom. The van der Waals surface area contributed by atoms with E-state index in [1.165, 1.54) is 12.1 Å². The second kappa shape index (κ2) is 8.69. The highest BCUT2D eigenvalue weighted by atomic mass is 16.2. The molecule has 25 heavy (non-hydrogen) atoms. The lowest BCUT2D eigenvalue weighted by atomic mass is 10.1. The zero-order chi connectivity index (χ0) is 18.1.